The fraction of sp³-hybridized carbons (Fsp3) is 0.500. The quantitative estimate of drug-likeness (QED) is 0.627. The Kier molecular flexibility index (Phi) is 7.53. The molecule has 1 N–H and O–H groups in total. The van der Waals surface area contributed by atoms with Crippen LogP contribution in [0.15, 0.2) is 41.8 Å². The average Bonchev–Trinajstić information content (AvgIpc) is 3.20. The Morgan fingerprint density at radius 2 is 1.96 bits per heavy atom. The highest BCUT2D eigenvalue weighted by molar-refractivity contribution is 7.80. The highest BCUT2D eigenvalue weighted by Crippen LogP contribution is 2.21. The van der Waals surface area contributed by atoms with Crippen LogP contribution < -0.4 is 10.1 Å². The molecule has 1 aliphatic rings. The molecular formula is C22H30N2OS2. The smallest absolute Gasteiger partial charge is 0.169 e. The Balaban J connectivity index is 1.70. The maximum atomic E-state index is 5.87. The van der Waals surface area contributed by atoms with Gasteiger partial charge in [-0.05, 0) is 61.1 Å². The van der Waals surface area contributed by atoms with Crippen LogP contribution in [0.1, 0.15) is 49.5 Å². The molecule has 1 aromatic heterocycles. The summed E-state index contributed by atoms with van der Waals surface area (Å²) < 4.78 is 5.29. The van der Waals surface area contributed by atoms with Gasteiger partial charge in [-0.15, -0.1) is 11.3 Å². The van der Waals surface area contributed by atoms with E-state index < -0.39 is 0 Å². The number of hydrogen-bond donors (Lipinski definition) is 1. The Hall–Kier alpha value is -1.59. The minimum absolute atomic E-state index is 0.342. The standard InChI is InChI=1S/C22H30N2OS2/c1-17(15-21-9-6-14-27-21)24(16-18-10-12-20(25-2)13-11-18)22(26)23-19-7-4-3-5-8-19/h6,9-14,17,19H,3-5,7-8,15-16H2,1-2H3,(H,23,26)/t17-/m0/s1. The lowest BCUT2D eigenvalue weighted by Crippen LogP contribution is -2.48. The molecule has 1 aliphatic carbocycles. The largest absolute Gasteiger partial charge is 0.497 e. The van der Waals surface area contributed by atoms with Crippen molar-refractivity contribution in [3.05, 3.63) is 52.2 Å². The maximum absolute atomic E-state index is 5.87. The summed E-state index contributed by atoms with van der Waals surface area (Å²) in [6.45, 7) is 3.09. The first-order valence-electron chi connectivity index (χ1n) is 9.88. The van der Waals surface area contributed by atoms with Gasteiger partial charge in [0.25, 0.3) is 0 Å². The third kappa shape index (κ3) is 5.94. The van der Waals surface area contributed by atoms with Crippen molar-refractivity contribution in [3.63, 3.8) is 0 Å². The van der Waals surface area contributed by atoms with Crippen LogP contribution in [0.4, 0.5) is 0 Å². The number of rotatable bonds is 7. The van der Waals surface area contributed by atoms with Crippen molar-refractivity contribution in [1.82, 2.24) is 10.2 Å². The van der Waals surface area contributed by atoms with Crippen LogP contribution in [0.3, 0.4) is 0 Å². The number of methoxy groups -OCH3 is 1. The van der Waals surface area contributed by atoms with Crippen LogP contribution in [0, 0.1) is 0 Å². The normalized spacial score (nSPS) is 15.9. The van der Waals surface area contributed by atoms with Crippen molar-refractivity contribution in [3.8, 4) is 5.75 Å². The summed E-state index contributed by atoms with van der Waals surface area (Å²) in [4.78, 5) is 3.76. The number of benzene rings is 1. The average molecular weight is 403 g/mol. The van der Waals surface area contributed by atoms with E-state index in [1.54, 1.807) is 7.11 Å². The highest BCUT2D eigenvalue weighted by Gasteiger charge is 2.22. The number of nitrogens with zero attached hydrogens (tertiary/aromatic N) is 1. The molecule has 0 spiro atoms. The predicted molar refractivity (Wildman–Crippen MR) is 119 cm³/mol. The van der Waals surface area contributed by atoms with Gasteiger partial charge in [0.2, 0.25) is 0 Å². The van der Waals surface area contributed by atoms with Crippen molar-refractivity contribution in [2.75, 3.05) is 7.11 Å². The SMILES string of the molecule is COc1ccc(CN(C(=S)NC2CCCCC2)[C@@H](C)Cc2cccs2)cc1. The molecule has 1 fully saturated rings. The van der Waals surface area contributed by atoms with E-state index in [0.29, 0.717) is 12.1 Å². The fourth-order valence-electron chi connectivity index (χ4n) is 3.69. The molecule has 1 heterocycles. The van der Waals surface area contributed by atoms with Gasteiger partial charge in [0, 0.05) is 29.9 Å². The number of thiocarbonyl (C=S) groups is 1. The third-order valence-corrected chi connectivity index (χ3v) is 6.57. The molecule has 0 amide bonds. The van der Waals surface area contributed by atoms with E-state index in [-0.39, 0.29) is 0 Å². The number of ether oxygens (including phenoxy) is 1. The molecular weight excluding hydrogens is 372 g/mol. The summed E-state index contributed by atoms with van der Waals surface area (Å²) in [5, 5.41) is 6.70. The molecule has 0 bridgehead atoms. The molecule has 0 saturated heterocycles. The van der Waals surface area contributed by atoms with Crippen LogP contribution in [0.5, 0.6) is 5.75 Å². The van der Waals surface area contributed by atoms with Gasteiger partial charge in [-0.1, -0.05) is 37.5 Å². The van der Waals surface area contributed by atoms with Gasteiger partial charge in [-0.25, -0.2) is 0 Å². The van der Waals surface area contributed by atoms with Gasteiger partial charge < -0.3 is 15.0 Å². The third-order valence-electron chi connectivity index (χ3n) is 5.31. The van der Waals surface area contributed by atoms with Crippen molar-refractivity contribution >= 4 is 28.7 Å². The van der Waals surface area contributed by atoms with Crippen LogP contribution >= 0.6 is 23.6 Å². The molecule has 2 aromatic rings. The summed E-state index contributed by atoms with van der Waals surface area (Å²) >= 11 is 7.69. The molecule has 1 aromatic carbocycles. The Morgan fingerprint density at radius 1 is 1.22 bits per heavy atom. The summed E-state index contributed by atoms with van der Waals surface area (Å²) in [5.41, 5.74) is 1.25. The van der Waals surface area contributed by atoms with Gasteiger partial charge in [0.05, 0.1) is 7.11 Å². The zero-order chi connectivity index (χ0) is 19.1. The number of nitrogens with one attached hydrogen (secondary N) is 1. The molecule has 3 rings (SSSR count). The molecule has 146 valence electrons. The topological polar surface area (TPSA) is 24.5 Å². The second-order valence-corrected chi connectivity index (χ2v) is 8.81. The van der Waals surface area contributed by atoms with E-state index in [9.17, 15) is 0 Å². The fourth-order valence-corrected chi connectivity index (χ4v) is 4.93. The molecule has 1 atom stereocenters. The summed E-state index contributed by atoms with van der Waals surface area (Å²) in [6.07, 6.45) is 7.45. The first kappa shape index (κ1) is 20.2. The van der Waals surface area contributed by atoms with Gasteiger partial charge in [-0.2, -0.15) is 0 Å². The van der Waals surface area contributed by atoms with Crippen molar-refractivity contribution < 1.29 is 4.74 Å². The molecule has 0 radical (unpaired) electrons. The summed E-state index contributed by atoms with van der Waals surface area (Å²) in [7, 11) is 1.70. The summed E-state index contributed by atoms with van der Waals surface area (Å²) in [5.74, 6) is 0.889. The predicted octanol–water partition coefficient (Wildman–Crippen LogP) is 5.40. The van der Waals surface area contributed by atoms with Gasteiger partial charge in [0.15, 0.2) is 5.11 Å². The minimum atomic E-state index is 0.342. The Bertz CT molecular complexity index is 694. The van der Waals surface area contributed by atoms with E-state index in [1.807, 2.05) is 23.5 Å². The first-order valence-corrected chi connectivity index (χ1v) is 11.2. The molecule has 3 nitrogen and oxygen atoms in total. The first-order chi connectivity index (χ1) is 13.2. The molecule has 27 heavy (non-hydrogen) atoms. The lowest BCUT2D eigenvalue weighted by molar-refractivity contribution is 0.305. The van der Waals surface area contributed by atoms with E-state index in [4.69, 9.17) is 17.0 Å². The molecule has 5 heteroatoms. The van der Waals surface area contributed by atoms with E-state index in [1.165, 1.54) is 42.5 Å². The van der Waals surface area contributed by atoms with Crippen molar-refractivity contribution in [2.24, 2.45) is 0 Å². The van der Waals surface area contributed by atoms with Crippen LogP contribution in [0.25, 0.3) is 0 Å². The van der Waals surface area contributed by atoms with Crippen molar-refractivity contribution in [1.29, 1.82) is 0 Å². The van der Waals surface area contributed by atoms with Gasteiger partial charge in [0.1, 0.15) is 5.75 Å². The monoisotopic (exact) mass is 402 g/mol. The Morgan fingerprint density at radius 3 is 2.59 bits per heavy atom. The summed E-state index contributed by atoms with van der Waals surface area (Å²) in [6, 6.07) is 13.5. The van der Waals surface area contributed by atoms with E-state index in [2.05, 4.69) is 46.8 Å². The number of thiophene rings is 1. The zero-order valence-corrected chi connectivity index (χ0v) is 18.0. The zero-order valence-electron chi connectivity index (χ0n) is 16.3. The van der Waals surface area contributed by atoms with Crippen LogP contribution in [-0.4, -0.2) is 29.2 Å². The van der Waals surface area contributed by atoms with E-state index >= 15 is 0 Å². The van der Waals surface area contributed by atoms with E-state index in [0.717, 1.165) is 23.8 Å². The van der Waals surface area contributed by atoms with Gasteiger partial charge >= 0.3 is 0 Å². The van der Waals surface area contributed by atoms with Crippen LogP contribution in [0.2, 0.25) is 0 Å². The van der Waals surface area contributed by atoms with Gasteiger partial charge in [-0.3, -0.25) is 0 Å². The Labute approximate surface area is 172 Å². The molecule has 0 aliphatic heterocycles. The molecule has 0 unspecified atom stereocenters. The molecule has 1 saturated carbocycles. The highest BCUT2D eigenvalue weighted by atomic mass is 32.1. The van der Waals surface area contributed by atoms with Crippen molar-refractivity contribution in [2.45, 2.75) is 64.1 Å². The van der Waals surface area contributed by atoms with Crippen LogP contribution in [-0.2, 0) is 13.0 Å². The second kappa shape index (κ2) is 10.1. The lowest BCUT2D eigenvalue weighted by atomic mass is 9.96. The second-order valence-electron chi connectivity index (χ2n) is 7.39. The maximum Gasteiger partial charge on any atom is 0.169 e. The minimum Gasteiger partial charge on any atom is -0.497 e. The number of hydrogen-bond acceptors (Lipinski definition) is 3. The lowest BCUT2D eigenvalue weighted by Gasteiger charge is -2.35.